The summed E-state index contributed by atoms with van der Waals surface area (Å²) < 4.78 is 5.90. The van der Waals surface area contributed by atoms with Crippen molar-refractivity contribution < 1.29 is 19.1 Å². The number of nitrogens with two attached hydrogens (primary N) is 1. The molecule has 3 aliphatic rings. The molecule has 42 heavy (non-hydrogen) atoms. The first-order chi connectivity index (χ1) is 20.1. The van der Waals surface area contributed by atoms with Gasteiger partial charge in [0.25, 0.3) is 0 Å². The molecule has 2 aliphatic carbocycles. The molecule has 1 aromatic heterocycles. The molecule has 2 bridgehead atoms. The molecule has 5 rings (SSSR count). The number of nitrogens with one attached hydrogen (secondary N) is 3. The number of likely N-dealkylation sites (N-methyl/N-ethyl adjacent to an activating group) is 1. The quantitative estimate of drug-likeness (QED) is 0.302. The molecule has 224 valence electrons. The number of methoxy groups -OCH3 is 1. The van der Waals surface area contributed by atoms with Gasteiger partial charge in [0.05, 0.1) is 31.5 Å². The Bertz CT molecular complexity index is 1420. The Morgan fingerprint density at radius 1 is 1.24 bits per heavy atom. The molecule has 2 aromatic rings. The maximum absolute atomic E-state index is 13.0. The summed E-state index contributed by atoms with van der Waals surface area (Å²) in [6.45, 7) is 2.67. The van der Waals surface area contributed by atoms with Crippen molar-refractivity contribution in [1.82, 2.24) is 20.2 Å². The standard InChI is InChI=1S/C29H37ClN8O4/c1-5-38(29-32-13-18(30)27(36-29)35-24-16-7-6-15(12-16)23(24)26(31)40)21-11-10-19-17(25(21)42-4)8-9-20(28(41)34-19)33-22(39)14-37(2)3/h6-7,10-11,13,15-16,20,23-24H,5,8-9,12,14H2,1-4H3,(H2,31,40)(H,33,39)(H,34,41)(H,32,35,36)/t15-,16+,20-,23+,24-/m1/s1. The van der Waals surface area contributed by atoms with Crippen LogP contribution in [0, 0.1) is 17.8 Å². The van der Waals surface area contributed by atoms with E-state index in [1.807, 2.05) is 24.0 Å². The fourth-order valence-electron chi connectivity index (χ4n) is 6.30. The van der Waals surface area contributed by atoms with Crippen LogP contribution in [-0.2, 0) is 20.8 Å². The molecule has 1 aromatic carbocycles. The van der Waals surface area contributed by atoms with Crippen LogP contribution in [0.3, 0.4) is 0 Å². The SMILES string of the molecule is CCN(c1ncc(Cl)c(N[C@H]2[C@@H](C(N)=O)[C@@H]3C=C[C@H]2C3)n1)c1ccc2c(c1OC)CC[C@@H](NC(=O)CN(C)C)C(=O)N2. The number of aromatic nitrogens is 2. The van der Waals surface area contributed by atoms with Gasteiger partial charge in [-0.15, -0.1) is 0 Å². The van der Waals surface area contributed by atoms with E-state index in [0.717, 1.165) is 12.0 Å². The lowest BCUT2D eigenvalue weighted by molar-refractivity contribution is -0.127. The van der Waals surface area contributed by atoms with Crippen LogP contribution in [0.1, 0.15) is 25.3 Å². The Balaban J connectivity index is 1.42. The second kappa shape index (κ2) is 12.1. The minimum atomic E-state index is -0.668. The van der Waals surface area contributed by atoms with Crippen molar-refractivity contribution >= 4 is 52.5 Å². The number of hydrogen-bond donors (Lipinski definition) is 4. The molecule has 0 radical (unpaired) electrons. The second-order valence-electron chi connectivity index (χ2n) is 11.2. The predicted octanol–water partition coefficient (Wildman–Crippen LogP) is 2.32. The van der Waals surface area contributed by atoms with Crippen LogP contribution in [0.2, 0.25) is 5.02 Å². The number of carbonyl (C=O) groups is 3. The zero-order chi connectivity index (χ0) is 30.1. The van der Waals surface area contributed by atoms with Crippen LogP contribution < -0.4 is 31.3 Å². The molecule has 5 N–H and O–H groups in total. The maximum Gasteiger partial charge on any atom is 0.246 e. The summed E-state index contributed by atoms with van der Waals surface area (Å²) in [5.41, 5.74) is 7.91. The predicted molar refractivity (Wildman–Crippen MR) is 161 cm³/mol. The Morgan fingerprint density at radius 2 is 2.00 bits per heavy atom. The molecule has 0 unspecified atom stereocenters. The first-order valence-electron chi connectivity index (χ1n) is 14.1. The number of carbonyl (C=O) groups excluding carboxylic acids is 3. The zero-order valence-electron chi connectivity index (χ0n) is 24.2. The highest BCUT2D eigenvalue weighted by Crippen LogP contribution is 2.46. The highest BCUT2D eigenvalue weighted by atomic mass is 35.5. The summed E-state index contributed by atoms with van der Waals surface area (Å²) in [7, 11) is 5.18. The summed E-state index contributed by atoms with van der Waals surface area (Å²) in [6, 6.07) is 2.80. The normalized spacial score (nSPS) is 24.1. The van der Waals surface area contributed by atoms with Crippen LogP contribution in [0.5, 0.6) is 5.75 Å². The first kappa shape index (κ1) is 29.6. The summed E-state index contributed by atoms with van der Waals surface area (Å²) in [4.78, 5) is 50.5. The van der Waals surface area contributed by atoms with Crippen LogP contribution in [-0.4, -0.2) is 79.0 Å². The van der Waals surface area contributed by atoms with E-state index in [-0.39, 0.29) is 48.1 Å². The highest BCUT2D eigenvalue weighted by molar-refractivity contribution is 6.32. The molecule has 3 amide bonds. The van der Waals surface area contributed by atoms with Gasteiger partial charge in [0.1, 0.15) is 16.8 Å². The largest absolute Gasteiger partial charge is 0.494 e. The molecule has 0 saturated heterocycles. The van der Waals surface area contributed by atoms with Crippen LogP contribution in [0.4, 0.5) is 23.1 Å². The van der Waals surface area contributed by atoms with E-state index < -0.39 is 6.04 Å². The van der Waals surface area contributed by atoms with Crippen molar-refractivity contribution in [3.05, 3.63) is 41.1 Å². The van der Waals surface area contributed by atoms with E-state index in [4.69, 9.17) is 27.1 Å². The number of nitrogens with zero attached hydrogens (tertiary/aromatic N) is 4. The fraction of sp³-hybridized carbons (Fsp3) is 0.483. The average molecular weight is 597 g/mol. The minimum absolute atomic E-state index is 0.113. The van der Waals surface area contributed by atoms with Crippen molar-refractivity contribution in [2.75, 3.05) is 49.8 Å². The third kappa shape index (κ3) is 5.73. The van der Waals surface area contributed by atoms with E-state index >= 15 is 0 Å². The summed E-state index contributed by atoms with van der Waals surface area (Å²) >= 11 is 6.52. The van der Waals surface area contributed by atoms with E-state index in [9.17, 15) is 14.4 Å². The lowest BCUT2D eigenvalue weighted by Crippen LogP contribution is -2.46. The third-order valence-electron chi connectivity index (χ3n) is 8.17. The van der Waals surface area contributed by atoms with Gasteiger partial charge in [0, 0.05) is 23.8 Å². The van der Waals surface area contributed by atoms with Crippen molar-refractivity contribution in [2.45, 2.75) is 38.3 Å². The third-order valence-corrected chi connectivity index (χ3v) is 8.44. The molecule has 0 spiro atoms. The van der Waals surface area contributed by atoms with Crippen molar-refractivity contribution in [3.8, 4) is 5.75 Å². The monoisotopic (exact) mass is 596 g/mol. The molecular weight excluding hydrogens is 560 g/mol. The minimum Gasteiger partial charge on any atom is -0.494 e. The smallest absolute Gasteiger partial charge is 0.246 e. The van der Waals surface area contributed by atoms with E-state index in [1.165, 1.54) is 6.20 Å². The molecule has 12 nitrogen and oxygen atoms in total. The Labute approximate surface area is 250 Å². The number of fused-ring (bicyclic) bond motifs is 3. The van der Waals surface area contributed by atoms with E-state index in [1.54, 1.807) is 26.1 Å². The number of rotatable bonds is 10. The van der Waals surface area contributed by atoms with Crippen LogP contribution in [0.15, 0.2) is 30.5 Å². The van der Waals surface area contributed by atoms with Gasteiger partial charge in [-0.3, -0.25) is 14.4 Å². The molecule has 1 fully saturated rings. The number of allylic oxidation sites excluding steroid dienone is 1. The Hall–Kier alpha value is -3.90. The molecule has 5 atom stereocenters. The van der Waals surface area contributed by atoms with Gasteiger partial charge in [-0.25, -0.2) is 4.98 Å². The van der Waals surface area contributed by atoms with Crippen molar-refractivity contribution in [3.63, 3.8) is 0 Å². The van der Waals surface area contributed by atoms with Gasteiger partial charge in [-0.2, -0.15) is 4.98 Å². The number of ether oxygens (including phenoxy) is 1. The van der Waals surface area contributed by atoms with Gasteiger partial charge < -0.3 is 36.2 Å². The number of anilines is 4. The molecule has 1 aliphatic heterocycles. The number of hydrogen-bond acceptors (Lipinski definition) is 9. The summed E-state index contributed by atoms with van der Waals surface area (Å²) in [6.07, 6.45) is 7.49. The maximum atomic E-state index is 13.0. The van der Waals surface area contributed by atoms with Gasteiger partial charge in [0.2, 0.25) is 23.7 Å². The summed E-state index contributed by atoms with van der Waals surface area (Å²) in [5, 5.41) is 9.50. The second-order valence-corrected chi connectivity index (χ2v) is 11.6. The van der Waals surface area contributed by atoms with Crippen molar-refractivity contribution in [1.29, 1.82) is 0 Å². The number of amides is 3. The van der Waals surface area contributed by atoms with Gasteiger partial charge in [0.15, 0.2) is 5.82 Å². The van der Waals surface area contributed by atoms with Crippen molar-refractivity contribution in [2.24, 2.45) is 23.5 Å². The van der Waals surface area contributed by atoms with Crippen LogP contribution >= 0.6 is 11.6 Å². The lowest BCUT2D eigenvalue weighted by Gasteiger charge is -2.29. The Morgan fingerprint density at radius 3 is 2.69 bits per heavy atom. The topological polar surface area (TPSA) is 155 Å². The van der Waals surface area contributed by atoms with E-state index in [2.05, 4.69) is 33.1 Å². The first-order valence-corrected chi connectivity index (χ1v) is 14.5. The fourth-order valence-corrected chi connectivity index (χ4v) is 6.44. The molecule has 1 saturated carbocycles. The zero-order valence-corrected chi connectivity index (χ0v) is 24.9. The highest BCUT2D eigenvalue weighted by Gasteiger charge is 2.47. The molecular formula is C29H37ClN8O4. The Kier molecular flexibility index (Phi) is 8.55. The van der Waals surface area contributed by atoms with Gasteiger partial charge in [-0.1, -0.05) is 23.8 Å². The molecule has 2 heterocycles. The number of halogens is 1. The van der Waals surface area contributed by atoms with Gasteiger partial charge >= 0.3 is 0 Å². The number of primary amides is 1. The average Bonchev–Trinajstić information content (AvgIpc) is 3.51. The van der Waals surface area contributed by atoms with Gasteiger partial charge in [-0.05, 0) is 64.3 Å². The van der Waals surface area contributed by atoms with E-state index in [0.29, 0.717) is 53.3 Å². The summed E-state index contributed by atoms with van der Waals surface area (Å²) in [5.74, 6) is 0.504. The molecule has 13 heteroatoms. The number of benzene rings is 1. The van der Waals surface area contributed by atoms with Crippen LogP contribution in [0.25, 0.3) is 0 Å². The lowest BCUT2D eigenvalue weighted by atomic mass is 9.88.